The fourth-order valence-electron chi connectivity index (χ4n) is 1.79. The summed E-state index contributed by atoms with van der Waals surface area (Å²) in [5.41, 5.74) is 0. The maximum Gasteiger partial charge on any atom is 0.289 e. The number of nitrogens with zero attached hydrogens (tertiary/aromatic N) is 4. The molecule has 0 saturated carbocycles. The van der Waals surface area contributed by atoms with Gasteiger partial charge in [-0.1, -0.05) is 22.5 Å². The second-order valence-electron chi connectivity index (χ2n) is 4.08. The second-order valence-corrected chi connectivity index (χ2v) is 6.50. The molecule has 2 rings (SSSR count). The van der Waals surface area contributed by atoms with Gasteiger partial charge in [-0.25, -0.2) is 0 Å². The van der Waals surface area contributed by atoms with Gasteiger partial charge in [-0.05, 0) is 45.1 Å². The van der Waals surface area contributed by atoms with Crippen LogP contribution in [0.15, 0.2) is 22.3 Å². The predicted molar refractivity (Wildman–Crippen MR) is 82.9 cm³/mol. The van der Waals surface area contributed by atoms with E-state index in [9.17, 15) is 0 Å². The van der Waals surface area contributed by atoms with Crippen molar-refractivity contribution in [2.75, 3.05) is 6.54 Å². The van der Waals surface area contributed by atoms with Crippen LogP contribution in [0.3, 0.4) is 0 Å². The Morgan fingerprint density at radius 2 is 2.05 bits per heavy atom. The van der Waals surface area contributed by atoms with Crippen LogP contribution >= 0.6 is 23.1 Å². The highest BCUT2D eigenvalue weighted by atomic mass is 127. The van der Waals surface area contributed by atoms with Crippen LogP contribution < -0.4 is 28.7 Å². The second kappa shape index (κ2) is 8.14. The van der Waals surface area contributed by atoms with E-state index in [2.05, 4.69) is 42.3 Å². The Morgan fingerprint density at radius 3 is 2.70 bits per heavy atom. The minimum atomic E-state index is 0. The molecule has 1 aliphatic rings. The van der Waals surface area contributed by atoms with E-state index in [1.807, 2.05) is 23.5 Å². The Kier molecular flexibility index (Phi) is 7.18. The van der Waals surface area contributed by atoms with Crippen molar-refractivity contribution in [1.82, 2.24) is 10.1 Å². The molecule has 0 amide bonds. The zero-order valence-corrected chi connectivity index (χ0v) is 15.9. The molecule has 2 heterocycles. The molecule has 0 atom stereocenters. The summed E-state index contributed by atoms with van der Waals surface area (Å²) < 4.78 is 2.02. The lowest BCUT2D eigenvalue weighted by atomic mass is 10.4. The van der Waals surface area contributed by atoms with E-state index in [0.29, 0.717) is 0 Å². The number of hydrogen-bond acceptors (Lipinski definition) is 5. The highest BCUT2D eigenvalue weighted by Gasteiger charge is 2.16. The summed E-state index contributed by atoms with van der Waals surface area (Å²) in [5, 5.41) is 15.5. The molecular formula is C13H19IN4S2. The Morgan fingerprint density at radius 1 is 1.30 bits per heavy atom. The summed E-state index contributed by atoms with van der Waals surface area (Å²) in [7, 11) is 0. The van der Waals surface area contributed by atoms with Crippen LogP contribution in [0.1, 0.15) is 30.8 Å². The van der Waals surface area contributed by atoms with Crippen molar-refractivity contribution in [2.24, 2.45) is 5.10 Å². The molecule has 4 nitrogen and oxygen atoms in total. The number of thioether (sulfide) groups is 1. The molecule has 0 radical (unpaired) electrons. The van der Waals surface area contributed by atoms with Crippen molar-refractivity contribution in [3.63, 3.8) is 0 Å². The van der Waals surface area contributed by atoms with Gasteiger partial charge in [0.1, 0.15) is 0 Å². The first-order chi connectivity index (χ1) is 9.13. The summed E-state index contributed by atoms with van der Waals surface area (Å²) >= 11 is 3.43. The van der Waals surface area contributed by atoms with E-state index in [0.717, 1.165) is 23.1 Å². The first kappa shape index (κ1) is 17.6. The predicted octanol–water partition coefficient (Wildman–Crippen LogP) is 0.0196. The zero-order valence-electron chi connectivity index (χ0n) is 12.1. The molecule has 0 spiro atoms. The average molecular weight is 422 g/mol. The highest BCUT2D eigenvalue weighted by Crippen LogP contribution is 2.29. The van der Waals surface area contributed by atoms with Crippen LogP contribution in [-0.4, -0.2) is 21.7 Å². The molecule has 1 aliphatic heterocycles. The van der Waals surface area contributed by atoms with E-state index in [4.69, 9.17) is 0 Å². The Balaban J connectivity index is 0.00000200. The molecule has 7 heteroatoms. The fraction of sp³-hybridized carbons (Fsp3) is 0.462. The van der Waals surface area contributed by atoms with Crippen molar-refractivity contribution in [3.05, 3.63) is 27.2 Å². The first-order valence-electron chi connectivity index (χ1n) is 6.40. The Hall–Kier alpha value is -0.410. The number of aryl methyl sites for hydroxylation is 2. The van der Waals surface area contributed by atoms with Crippen molar-refractivity contribution in [3.8, 4) is 0 Å². The zero-order chi connectivity index (χ0) is 13.8. The molecule has 1 aromatic rings. The van der Waals surface area contributed by atoms with Gasteiger partial charge < -0.3 is 24.0 Å². The third kappa shape index (κ3) is 4.29. The number of hydrazone groups is 1. The average Bonchev–Trinajstić information content (AvgIpc) is 2.92. The van der Waals surface area contributed by atoms with Crippen LogP contribution in [0, 0.1) is 6.92 Å². The summed E-state index contributed by atoms with van der Waals surface area (Å²) in [4.78, 5) is 0. The van der Waals surface area contributed by atoms with E-state index < -0.39 is 0 Å². The lowest BCUT2D eigenvalue weighted by molar-refractivity contribution is -0.747. The monoisotopic (exact) mass is 422 g/mol. The topological polar surface area (TPSA) is 32.4 Å². The highest BCUT2D eigenvalue weighted by molar-refractivity contribution is 8.17. The number of rotatable bonds is 4. The van der Waals surface area contributed by atoms with Gasteiger partial charge in [0, 0.05) is 17.7 Å². The van der Waals surface area contributed by atoms with Gasteiger partial charge in [-0.3, -0.25) is 5.01 Å². The third-order valence-electron chi connectivity index (χ3n) is 2.61. The molecule has 0 N–H and O–H groups in total. The lowest BCUT2D eigenvalue weighted by Crippen LogP contribution is -3.00. The summed E-state index contributed by atoms with van der Waals surface area (Å²) in [6.45, 7) is 10.1. The van der Waals surface area contributed by atoms with Crippen LogP contribution in [-0.2, 0) is 6.54 Å². The van der Waals surface area contributed by atoms with Gasteiger partial charge in [-0.15, -0.1) is 0 Å². The van der Waals surface area contributed by atoms with Crippen molar-refractivity contribution < 1.29 is 28.7 Å². The summed E-state index contributed by atoms with van der Waals surface area (Å²) in [6, 6.07) is 0. The number of allylic oxidation sites excluding steroid dienone is 2. The minimum absolute atomic E-state index is 0. The summed E-state index contributed by atoms with van der Waals surface area (Å²) in [6.07, 6.45) is 6.31. The molecule has 1 aromatic heterocycles. The van der Waals surface area contributed by atoms with Crippen LogP contribution in [0.2, 0.25) is 0 Å². The molecular weight excluding hydrogens is 403 g/mol. The molecule has 0 aromatic carbocycles. The largest absolute Gasteiger partial charge is 1.00 e. The summed E-state index contributed by atoms with van der Waals surface area (Å²) in [5.74, 6) is 0. The third-order valence-corrected chi connectivity index (χ3v) is 4.48. The lowest BCUT2D eigenvalue weighted by Gasteiger charge is -2.10. The first-order valence-corrected chi connectivity index (χ1v) is 8.03. The van der Waals surface area contributed by atoms with Crippen molar-refractivity contribution in [2.45, 2.75) is 34.2 Å². The maximum absolute atomic E-state index is 4.45. The van der Waals surface area contributed by atoms with Gasteiger partial charge in [0.2, 0.25) is 0 Å². The van der Waals surface area contributed by atoms with E-state index in [1.54, 1.807) is 23.1 Å². The van der Waals surface area contributed by atoms with Gasteiger partial charge in [0.25, 0.3) is 5.01 Å². The molecule has 0 fully saturated rings. The van der Waals surface area contributed by atoms with E-state index >= 15 is 0 Å². The van der Waals surface area contributed by atoms with Gasteiger partial charge >= 0.3 is 0 Å². The normalized spacial score (nSPS) is 16.9. The van der Waals surface area contributed by atoms with Gasteiger partial charge in [0.05, 0.1) is 10.1 Å². The SMILES string of the molecule is CCN1N=C(C)S/C1=C\C=C\c1sc(C)n[n+]1CC.[I-]. The van der Waals surface area contributed by atoms with Crippen LogP contribution in [0.5, 0.6) is 0 Å². The number of halogens is 1. The molecule has 0 bridgehead atoms. The Bertz CT molecular complexity index is 549. The van der Waals surface area contributed by atoms with Crippen LogP contribution in [0.4, 0.5) is 0 Å². The van der Waals surface area contributed by atoms with E-state index in [-0.39, 0.29) is 24.0 Å². The standard InChI is InChI=1S/C13H19N4S2.HI/c1-5-16-12(18-10(3)14-16)8-7-9-13-17(6-2)15-11(4)19-13;/h7-9H,5-6H2,1-4H3;1H/q+1;/p-1. The van der Waals surface area contributed by atoms with Crippen LogP contribution in [0.25, 0.3) is 6.08 Å². The quantitative estimate of drug-likeness (QED) is 0.507. The minimum Gasteiger partial charge on any atom is -1.00 e. The number of hydrogen-bond donors (Lipinski definition) is 0. The smallest absolute Gasteiger partial charge is 0.289 e. The number of aromatic nitrogens is 2. The van der Waals surface area contributed by atoms with E-state index in [1.165, 1.54) is 10.0 Å². The molecule has 0 saturated heterocycles. The van der Waals surface area contributed by atoms with Crippen molar-refractivity contribution >= 4 is 34.2 Å². The molecule has 20 heavy (non-hydrogen) atoms. The van der Waals surface area contributed by atoms with Crippen molar-refractivity contribution in [1.29, 1.82) is 0 Å². The van der Waals surface area contributed by atoms with Gasteiger partial charge in [0.15, 0.2) is 11.6 Å². The molecule has 0 aliphatic carbocycles. The van der Waals surface area contributed by atoms with Gasteiger partial charge in [-0.2, -0.15) is 5.10 Å². The maximum atomic E-state index is 4.45. The molecule has 0 unspecified atom stereocenters. The molecule has 110 valence electrons. The Labute approximate surface area is 145 Å². The fourth-order valence-corrected chi connectivity index (χ4v) is 3.52.